The fraction of sp³-hybridized carbons (Fsp3) is 0.480. The van der Waals surface area contributed by atoms with Gasteiger partial charge in [0.2, 0.25) is 0 Å². The second kappa shape index (κ2) is 66.2. The van der Waals surface area contributed by atoms with Crippen molar-refractivity contribution < 1.29 is 28.6 Å². The lowest BCUT2D eigenvalue weighted by Crippen LogP contribution is -2.30. The molecular weight excluding hydrogens is 997 g/mol. The summed E-state index contributed by atoms with van der Waals surface area (Å²) >= 11 is 0. The lowest BCUT2D eigenvalue weighted by atomic mass is 10.1. The minimum atomic E-state index is -0.858. The van der Waals surface area contributed by atoms with Gasteiger partial charge < -0.3 is 14.2 Å². The van der Waals surface area contributed by atoms with Crippen molar-refractivity contribution in [2.75, 3.05) is 13.2 Å². The van der Waals surface area contributed by atoms with Crippen LogP contribution in [0, 0.1) is 0 Å². The Morgan fingerprint density at radius 2 is 0.457 bits per heavy atom. The molecule has 0 fully saturated rings. The number of hydrogen-bond acceptors (Lipinski definition) is 6. The Hall–Kier alpha value is -6.27. The Bertz CT molecular complexity index is 2050. The number of rotatable bonds is 53. The van der Waals surface area contributed by atoms with E-state index in [4.69, 9.17) is 14.2 Å². The van der Waals surface area contributed by atoms with E-state index in [1.807, 2.05) is 0 Å². The van der Waals surface area contributed by atoms with Crippen LogP contribution in [0.2, 0.25) is 0 Å². The molecule has 1 atom stereocenters. The van der Waals surface area contributed by atoms with Crippen LogP contribution in [-0.2, 0) is 28.6 Å². The van der Waals surface area contributed by atoms with Crippen LogP contribution in [0.5, 0.6) is 0 Å². The zero-order valence-corrected chi connectivity index (χ0v) is 50.9. The van der Waals surface area contributed by atoms with E-state index in [1.54, 1.807) is 0 Å². The molecule has 0 bridgehead atoms. The summed E-state index contributed by atoms with van der Waals surface area (Å²) in [5, 5.41) is 0. The Morgan fingerprint density at radius 3 is 0.728 bits per heavy atom. The third kappa shape index (κ3) is 64.4. The standard InChI is InChI=1S/C75H110O6/c1-4-7-10-13-16-19-22-25-28-31-32-33-34-35-36-37-38-39-40-41-42-45-47-50-53-56-59-62-65-68-74(77)80-71-72(81-75(78)69-66-63-60-57-54-51-48-44-30-27-24-21-18-15-12-9-6-3)70-79-73(76)67-64-61-58-55-52-49-46-43-29-26-23-20-17-14-11-8-5-2/h7-12,16-21,25-30,32-33,35-36,38-39,41-42,46-51,56-57,59-60,72H,4-6,13-15,22-24,31,34,37,40,43-45,52-55,58,61-71H2,1-3H3/b10-7-,11-8-,12-9-,19-16-,20-17-,21-18-,28-25-,29-26-,30-27-,33-32-,36-35-,39-38-,42-41-,49-46-,50-47-,51-48-,59-56-,60-57-. The van der Waals surface area contributed by atoms with E-state index in [2.05, 4.69) is 240 Å². The Labute approximate surface area is 495 Å². The molecular formula is C75H110O6. The fourth-order valence-corrected chi connectivity index (χ4v) is 7.41. The third-order valence-electron chi connectivity index (χ3n) is 12.0. The van der Waals surface area contributed by atoms with Gasteiger partial charge in [0.1, 0.15) is 13.2 Å². The molecule has 0 spiro atoms. The van der Waals surface area contributed by atoms with Crippen molar-refractivity contribution in [3.63, 3.8) is 0 Å². The molecule has 0 aromatic carbocycles. The van der Waals surface area contributed by atoms with Crippen molar-refractivity contribution in [3.05, 3.63) is 219 Å². The number of hydrogen-bond donors (Lipinski definition) is 0. The van der Waals surface area contributed by atoms with Gasteiger partial charge in [-0.15, -0.1) is 0 Å². The molecule has 0 N–H and O–H groups in total. The number of carbonyl (C=O) groups excluding carboxylic acids is 3. The van der Waals surface area contributed by atoms with Crippen LogP contribution < -0.4 is 0 Å². The molecule has 0 radical (unpaired) electrons. The molecule has 0 saturated heterocycles. The highest BCUT2D eigenvalue weighted by atomic mass is 16.6. The van der Waals surface area contributed by atoms with Crippen molar-refractivity contribution >= 4 is 17.9 Å². The van der Waals surface area contributed by atoms with E-state index in [9.17, 15) is 14.4 Å². The predicted molar refractivity (Wildman–Crippen MR) is 352 cm³/mol. The molecule has 0 saturated carbocycles. The van der Waals surface area contributed by atoms with Crippen molar-refractivity contribution in [1.29, 1.82) is 0 Å². The van der Waals surface area contributed by atoms with E-state index in [-0.39, 0.29) is 38.0 Å². The third-order valence-corrected chi connectivity index (χ3v) is 12.0. The molecule has 0 amide bonds. The first-order valence-electron chi connectivity index (χ1n) is 31.2. The van der Waals surface area contributed by atoms with Crippen molar-refractivity contribution in [2.24, 2.45) is 0 Å². The summed E-state index contributed by atoms with van der Waals surface area (Å²) in [7, 11) is 0. The number of unbranched alkanes of at least 4 members (excludes halogenated alkanes) is 6. The highest BCUT2D eigenvalue weighted by molar-refractivity contribution is 5.71. The summed E-state index contributed by atoms with van der Waals surface area (Å²) in [5.74, 6) is -1.10. The largest absolute Gasteiger partial charge is 0.462 e. The van der Waals surface area contributed by atoms with E-state index >= 15 is 0 Å². The van der Waals surface area contributed by atoms with E-state index in [1.165, 1.54) is 0 Å². The average molecular weight is 1110 g/mol. The zero-order valence-electron chi connectivity index (χ0n) is 50.9. The first kappa shape index (κ1) is 74.7. The van der Waals surface area contributed by atoms with Crippen molar-refractivity contribution in [2.45, 2.75) is 219 Å². The minimum absolute atomic E-state index is 0.145. The first-order valence-corrected chi connectivity index (χ1v) is 31.2. The fourth-order valence-electron chi connectivity index (χ4n) is 7.41. The van der Waals surface area contributed by atoms with Gasteiger partial charge in [-0.3, -0.25) is 14.4 Å². The lowest BCUT2D eigenvalue weighted by Gasteiger charge is -2.18. The second-order valence-electron chi connectivity index (χ2n) is 19.5. The van der Waals surface area contributed by atoms with Gasteiger partial charge in [0.15, 0.2) is 6.10 Å². The molecule has 0 aromatic heterocycles. The topological polar surface area (TPSA) is 78.9 Å². The monoisotopic (exact) mass is 1110 g/mol. The lowest BCUT2D eigenvalue weighted by molar-refractivity contribution is -0.167. The highest BCUT2D eigenvalue weighted by Crippen LogP contribution is 2.11. The van der Waals surface area contributed by atoms with Gasteiger partial charge in [-0.05, 0) is 161 Å². The van der Waals surface area contributed by atoms with E-state index in [0.29, 0.717) is 19.3 Å². The van der Waals surface area contributed by atoms with Crippen LogP contribution in [0.15, 0.2) is 219 Å². The summed E-state index contributed by atoms with van der Waals surface area (Å²) in [6.45, 7) is 6.15. The molecule has 0 rings (SSSR count). The average Bonchev–Trinajstić information content (AvgIpc) is 3.47. The molecule has 6 nitrogen and oxygen atoms in total. The first-order chi connectivity index (χ1) is 40.0. The molecule has 0 aliphatic rings. The molecule has 0 aromatic rings. The van der Waals surface area contributed by atoms with Crippen LogP contribution in [-0.4, -0.2) is 37.2 Å². The maximum absolute atomic E-state index is 12.9. The molecule has 6 heteroatoms. The highest BCUT2D eigenvalue weighted by Gasteiger charge is 2.19. The van der Waals surface area contributed by atoms with Gasteiger partial charge in [0, 0.05) is 19.3 Å². The van der Waals surface area contributed by atoms with E-state index < -0.39 is 12.1 Å². The van der Waals surface area contributed by atoms with Gasteiger partial charge in [0.25, 0.3) is 0 Å². The SMILES string of the molecule is CC/C=C\C/C=C\C/C=C\C/C=C\C/C=C\C/C=C\C/C=C\C/C=C\C/C=C\CCCC(=O)OCC(COC(=O)CCCCCC/C=C\C/C=C\C/C=C\C/C=C\CC)OC(=O)CCC/C=C\C/C=C\C/C=C\C/C=C\C/C=C\CC. The van der Waals surface area contributed by atoms with Crippen molar-refractivity contribution in [3.8, 4) is 0 Å². The van der Waals surface area contributed by atoms with Crippen LogP contribution in [0.3, 0.4) is 0 Å². The molecule has 0 aliphatic heterocycles. The number of ether oxygens (including phenoxy) is 3. The molecule has 446 valence electrons. The van der Waals surface area contributed by atoms with Crippen LogP contribution in [0.4, 0.5) is 0 Å². The minimum Gasteiger partial charge on any atom is -0.462 e. The number of carbonyl (C=O) groups is 3. The Balaban J connectivity index is 4.61. The van der Waals surface area contributed by atoms with Gasteiger partial charge in [-0.2, -0.15) is 0 Å². The molecule has 0 aliphatic carbocycles. The van der Waals surface area contributed by atoms with Gasteiger partial charge in [-0.25, -0.2) is 0 Å². The smallest absolute Gasteiger partial charge is 0.306 e. The van der Waals surface area contributed by atoms with E-state index in [0.717, 1.165) is 161 Å². The van der Waals surface area contributed by atoms with Gasteiger partial charge in [0.05, 0.1) is 0 Å². The summed E-state index contributed by atoms with van der Waals surface area (Å²) in [4.78, 5) is 38.3. The Morgan fingerprint density at radius 1 is 0.247 bits per heavy atom. The van der Waals surface area contributed by atoms with Crippen LogP contribution >= 0.6 is 0 Å². The molecule has 0 heterocycles. The summed E-state index contributed by atoms with van der Waals surface area (Å²) in [6, 6.07) is 0. The van der Waals surface area contributed by atoms with Gasteiger partial charge in [-0.1, -0.05) is 252 Å². The maximum Gasteiger partial charge on any atom is 0.306 e. The van der Waals surface area contributed by atoms with Crippen LogP contribution in [0.25, 0.3) is 0 Å². The normalized spacial score (nSPS) is 13.7. The predicted octanol–water partition coefficient (Wildman–Crippen LogP) is 21.8. The second-order valence-corrected chi connectivity index (χ2v) is 19.5. The maximum atomic E-state index is 12.9. The van der Waals surface area contributed by atoms with Crippen molar-refractivity contribution in [1.82, 2.24) is 0 Å². The summed E-state index contributed by atoms with van der Waals surface area (Å²) in [5.41, 5.74) is 0. The zero-order chi connectivity index (χ0) is 58.5. The summed E-state index contributed by atoms with van der Waals surface area (Å²) in [6.07, 6.45) is 104. The molecule has 1 unspecified atom stereocenters. The van der Waals surface area contributed by atoms with Gasteiger partial charge >= 0.3 is 17.9 Å². The number of esters is 3. The quantitative estimate of drug-likeness (QED) is 0.0261. The number of allylic oxidation sites excluding steroid dienone is 36. The summed E-state index contributed by atoms with van der Waals surface area (Å²) < 4.78 is 16.8. The molecule has 81 heavy (non-hydrogen) atoms. The van der Waals surface area contributed by atoms with Crippen LogP contribution in [0.1, 0.15) is 213 Å². The Kier molecular flexibility index (Phi) is 61.1.